The van der Waals surface area contributed by atoms with Crippen LogP contribution in [0.4, 0.5) is 0 Å². The van der Waals surface area contributed by atoms with Crippen LogP contribution in [0.1, 0.15) is 19.4 Å². The Balaban J connectivity index is 2.33. The van der Waals surface area contributed by atoms with E-state index in [1.165, 1.54) is 16.3 Å². The first-order chi connectivity index (χ1) is 7.61. The van der Waals surface area contributed by atoms with E-state index < -0.39 is 0 Å². The van der Waals surface area contributed by atoms with E-state index in [1.807, 2.05) is 0 Å². The molecule has 0 saturated heterocycles. The second-order valence-electron chi connectivity index (χ2n) is 5.16. The highest BCUT2D eigenvalue weighted by atomic mass is 79.9. The van der Waals surface area contributed by atoms with Crippen molar-refractivity contribution in [2.24, 2.45) is 5.41 Å². The van der Waals surface area contributed by atoms with Gasteiger partial charge in [-0.05, 0) is 28.2 Å². The van der Waals surface area contributed by atoms with Crippen LogP contribution in [0.15, 0.2) is 42.5 Å². The highest BCUT2D eigenvalue weighted by Crippen LogP contribution is 2.26. The fraction of sp³-hybridized carbons (Fsp3) is 0.333. The third-order valence-corrected chi connectivity index (χ3v) is 4.38. The quantitative estimate of drug-likeness (QED) is 0.707. The van der Waals surface area contributed by atoms with Crippen molar-refractivity contribution in [1.82, 2.24) is 0 Å². The number of hydrogen-bond donors (Lipinski definition) is 0. The van der Waals surface area contributed by atoms with E-state index in [0.717, 1.165) is 11.8 Å². The minimum Gasteiger partial charge on any atom is -0.0922 e. The molecule has 0 heterocycles. The Kier molecular flexibility index (Phi) is 3.34. The van der Waals surface area contributed by atoms with Crippen molar-refractivity contribution in [2.45, 2.75) is 20.3 Å². The Morgan fingerprint density at radius 1 is 1.00 bits per heavy atom. The zero-order valence-electron chi connectivity index (χ0n) is 9.83. The van der Waals surface area contributed by atoms with E-state index in [0.29, 0.717) is 5.41 Å². The van der Waals surface area contributed by atoms with Crippen LogP contribution in [0.25, 0.3) is 10.8 Å². The Morgan fingerprint density at radius 3 is 2.38 bits per heavy atom. The van der Waals surface area contributed by atoms with Crippen molar-refractivity contribution < 1.29 is 0 Å². The van der Waals surface area contributed by atoms with Crippen LogP contribution in [-0.2, 0) is 6.42 Å². The molecular formula is C15H17Br. The maximum atomic E-state index is 3.58. The maximum Gasteiger partial charge on any atom is 0.00858 e. The van der Waals surface area contributed by atoms with Crippen molar-refractivity contribution >= 4 is 26.7 Å². The molecule has 2 aromatic carbocycles. The van der Waals surface area contributed by atoms with Crippen LogP contribution in [0.3, 0.4) is 0 Å². The average molecular weight is 277 g/mol. The van der Waals surface area contributed by atoms with E-state index in [2.05, 4.69) is 72.2 Å². The van der Waals surface area contributed by atoms with Gasteiger partial charge in [-0.3, -0.25) is 0 Å². The monoisotopic (exact) mass is 276 g/mol. The van der Waals surface area contributed by atoms with Gasteiger partial charge in [0.15, 0.2) is 0 Å². The molecule has 16 heavy (non-hydrogen) atoms. The Morgan fingerprint density at radius 2 is 1.69 bits per heavy atom. The number of fused-ring (bicyclic) bond motifs is 1. The molecule has 0 fully saturated rings. The number of rotatable bonds is 3. The molecule has 2 rings (SSSR count). The van der Waals surface area contributed by atoms with Gasteiger partial charge in [0.05, 0.1) is 0 Å². The Bertz CT molecular complexity index is 486. The van der Waals surface area contributed by atoms with Crippen LogP contribution >= 0.6 is 15.9 Å². The molecule has 2 aromatic rings. The zero-order valence-corrected chi connectivity index (χ0v) is 11.4. The Labute approximate surface area is 106 Å². The molecule has 0 amide bonds. The van der Waals surface area contributed by atoms with Gasteiger partial charge in [-0.15, -0.1) is 0 Å². The SMILES string of the molecule is CC(C)(CBr)Cc1ccc2ccccc2c1. The lowest BCUT2D eigenvalue weighted by Gasteiger charge is -2.21. The summed E-state index contributed by atoms with van der Waals surface area (Å²) in [7, 11) is 0. The highest BCUT2D eigenvalue weighted by Gasteiger charge is 2.16. The first-order valence-corrected chi connectivity index (χ1v) is 6.76. The fourth-order valence-corrected chi connectivity index (χ4v) is 2.15. The minimum absolute atomic E-state index is 0.322. The molecule has 0 aliphatic carbocycles. The molecule has 0 unspecified atom stereocenters. The molecule has 0 radical (unpaired) electrons. The molecule has 0 aromatic heterocycles. The van der Waals surface area contributed by atoms with Crippen LogP contribution in [0.2, 0.25) is 0 Å². The van der Waals surface area contributed by atoms with E-state index in [9.17, 15) is 0 Å². The zero-order chi connectivity index (χ0) is 11.6. The predicted molar refractivity (Wildman–Crippen MR) is 75.2 cm³/mol. The summed E-state index contributed by atoms with van der Waals surface area (Å²) in [4.78, 5) is 0. The molecule has 0 aliphatic rings. The summed E-state index contributed by atoms with van der Waals surface area (Å²) < 4.78 is 0. The summed E-state index contributed by atoms with van der Waals surface area (Å²) in [5, 5.41) is 3.69. The maximum absolute atomic E-state index is 3.58. The van der Waals surface area contributed by atoms with E-state index in [4.69, 9.17) is 0 Å². The average Bonchev–Trinajstić information content (AvgIpc) is 2.28. The van der Waals surface area contributed by atoms with E-state index >= 15 is 0 Å². The van der Waals surface area contributed by atoms with Gasteiger partial charge in [0.2, 0.25) is 0 Å². The van der Waals surface area contributed by atoms with Gasteiger partial charge in [0, 0.05) is 5.33 Å². The van der Waals surface area contributed by atoms with E-state index in [-0.39, 0.29) is 0 Å². The molecule has 0 spiro atoms. The highest BCUT2D eigenvalue weighted by molar-refractivity contribution is 9.09. The van der Waals surface area contributed by atoms with Gasteiger partial charge in [-0.25, -0.2) is 0 Å². The summed E-state index contributed by atoms with van der Waals surface area (Å²) in [5.74, 6) is 0. The van der Waals surface area contributed by atoms with Crippen molar-refractivity contribution in [3.63, 3.8) is 0 Å². The summed E-state index contributed by atoms with van der Waals surface area (Å²) in [6.07, 6.45) is 1.11. The van der Waals surface area contributed by atoms with Crippen molar-refractivity contribution in [2.75, 3.05) is 5.33 Å². The third-order valence-electron chi connectivity index (χ3n) is 2.86. The van der Waals surface area contributed by atoms with Crippen LogP contribution in [0, 0.1) is 5.41 Å². The Hall–Kier alpha value is -0.820. The normalized spacial score (nSPS) is 11.9. The number of benzene rings is 2. The van der Waals surface area contributed by atoms with Crippen LogP contribution in [-0.4, -0.2) is 5.33 Å². The van der Waals surface area contributed by atoms with Gasteiger partial charge in [-0.2, -0.15) is 0 Å². The number of hydrogen-bond acceptors (Lipinski definition) is 0. The molecule has 84 valence electrons. The largest absolute Gasteiger partial charge is 0.0922 e. The van der Waals surface area contributed by atoms with Crippen LogP contribution in [0.5, 0.6) is 0 Å². The molecule has 0 aliphatic heterocycles. The summed E-state index contributed by atoms with van der Waals surface area (Å²) >= 11 is 3.58. The summed E-state index contributed by atoms with van der Waals surface area (Å²) in [6, 6.07) is 15.3. The molecule has 0 saturated carbocycles. The predicted octanol–water partition coefficient (Wildman–Crippen LogP) is 4.80. The van der Waals surface area contributed by atoms with Gasteiger partial charge in [0.25, 0.3) is 0 Å². The van der Waals surface area contributed by atoms with Gasteiger partial charge in [0.1, 0.15) is 0 Å². The molecule has 0 bridgehead atoms. The first-order valence-electron chi connectivity index (χ1n) is 5.64. The lowest BCUT2D eigenvalue weighted by atomic mass is 9.87. The molecule has 0 N–H and O–H groups in total. The van der Waals surface area contributed by atoms with Gasteiger partial charge < -0.3 is 0 Å². The fourth-order valence-electron chi connectivity index (χ4n) is 1.95. The molecular weight excluding hydrogens is 260 g/mol. The topological polar surface area (TPSA) is 0 Å². The molecule has 0 atom stereocenters. The lowest BCUT2D eigenvalue weighted by Crippen LogP contribution is -2.16. The van der Waals surface area contributed by atoms with Crippen LogP contribution < -0.4 is 0 Å². The second-order valence-corrected chi connectivity index (χ2v) is 5.72. The summed E-state index contributed by atoms with van der Waals surface area (Å²) in [6.45, 7) is 4.58. The van der Waals surface area contributed by atoms with Gasteiger partial charge >= 0.3 is 0 Å². The third kappa shape index (κ3) is 2.65. The molecule has 0 nitrogen and oxygen atoms in total. The van der Waals surface area contributed by atoms with Crippen molar-refractivity contribution in [3.8, 4) is 0 Å². The standard InChI is InChI=1S/C15H17Br/c1-15(2,11-16)10-12-7-8-13-5-3-4-6-14(13)9-12/h3-9H,10-11H2,1-2H3. The number of alkyl halides is 1. The smallest absolute Gasteiger partial charge is 0.00858 e. The molecule has 1 heteroatoms. The lowest BCUT2D eigenvalue weighted by molar-refractivity contribution is 0.425. The first kappa shape index (κ1) is 11.7. The van der Waals surface area contributed by atoms with Crippen molar-refractivity contribution in [1.29, 1.82) is 0 Å². The van der Waals surface area contributed by atoms with E-state index in [1.54, 1.807) is 0 Å². The minimum atomic E-state index is 0.322. The summed E-state index contributed by atoms with van der Waals surface area (Å²) in [5.41, 5.74) is 1.74. The number of halogens is 1. The van der Waals surface area contributed by atoms with Crippen molar-refractivity contribution in [3.05, 3.63) is 48.0 Å². The van der Waals surface area contributed by atoms with Gasteiger partial charge in [-0.1, -0.05) is 72.2 Å². The second kappa shape index (κ2) is 4.58.